The number of imidazole rings is 1. The van der Waals surface area contributed by atoms with Crippen molar-refractivity contribution in [2.45, 2.75) is 19.9 Å². The second-order valence-corrected chi connectivity index (χ2v) is 4.56. The Balaban J connectivity index is 1.90. The highest BCUT2D eigenvalue weighted by molar-refractivity contribution is 5.73. The number of nitrogens with zero attached hydrogens (tertiary/aromatic N) is 3. The van der Waals surface area contributed by atoms with Gasteiger partial charge in [-0.25, -0.2) is 9.97 Å². The van der Waals surface area contributed by atoms with E-state index in [4.69, 9.17) is 0 Å². The van der Waals surface area contributed by atoms with E-state index in [0.29, 0.717) is 0 Å². The van der Waals surface area contributed by atoms with Gasteiger partial charge in [0.1, 0.15) is 0 Å². The molecule has 0 aliphatic rings. The Kier molecular flexibility index (Phi) is 4.66. The first-order valence-corrected chi connectivity index (χ1v) is 6.47. The lowest BCUT2D eigenvalue weighted by Crippen LogP contribution is -2.29. The molecule has 0 atom stereocenters. The van der Waals surface area contributed by atoms with Gasteiger partial charge in [0.15, 0.2) is 5.65 Å². The van der Waals surface area contributed by atoms with E-state index in [-0.39, 0.29) is 0 Å². The molecule has 5 heteroatoms. The van der Waals surface area contributed by atoms with Gasteiger partial charge in [-0.3, -0.25) is 0 Å². The third-order valence-electron chi connectivity index (χ3n) is 2.95. The second kappa shape index (κ2) is 6.47. The minimum atomic E-state index is 0.796. The standard InChI is InChI=1S/C13H21N5/c1-3-5-14-7-8-18(2)9-11-4-6-15-13-12(11)16-10-17-13/h4,6,10,14H,3,5,7-9H2,1-2H3,(H,15,16,17). The van der Waals surface area contributed by atoms with Gasteiger partial charge in [0.25, 0.3) is 0 Å². The van der Waals surface area contributed by atoms with E-state index in [1.807, 2.05) is 6.20 Å². The quantitative estimate of drug-likeness (QED) is 0.726. The lowest BCUT2D eigenvalue weighted by atomic mass is 10.2. The van der Waals surface area contributed by atoms with Crippen LogP contribution in [-0.2, 0) is 6.54 Å². The monoisotopic (exact) mass is 247 g/mol. The molecule has 0 aromatic carbocycles. The smallest absolute Gasteiger partial charge is 0.177 e. The number of hydrogen-bond acceptors (Lipinski definition) is 4. The summed E-state index contributed by atoms with van der Waals surface area (Å²) in [6.45, 7) is 6.26. The molecule has 0 radical (unpaired) electrons. The highest BCUT2D eigenvalue weighted by Gasteiger charge is 2.06. The molecule has 0 saturated heterocycles. The van der Waals surface area contributed by atoms with E-state index < -0.39 is 0 Å². The summed E-state index contributed by atoms with van der Waals surface area (Å²) in [6, 6.07) is 2.05. The van der Waals surface area contributed by atoms with Crippen molar-refractivity contribution < 1.29 is 0 Å². The van der Waals surface area contributed by atoms with Crippen LogP contribution in [0, 0.1) is 0 Å². The third-order valence-corrected chi connectivity index (χ3v) is 2.95. The molecule has 2 aromatic rings. The van der Waals surface area contributed by atoms with E-state index in [1.54, 1.807) is 6.33 Å². The zero-order valence-electron chi connectivity index (χ0n) is 11.1. The van der Waals surface area contributed by atoms with Crippen molar-refractivity contribution in [3.63, 3.8) is 0 Å². The van der Waals surface area contributed by atoms with Crippen molar-refractivity contribution in [3.8, 4) is 0 Å². The average molecular weight is 247 g/mol. The van der Waals surface area contributed by atoms with Crippen LogP contribution in [0.15, 0.2) is 18.6 Å². The molecule has 5 nitrogen and oxygen atoms in total. The van der Waals surface area contributed by atoms with Gasteiger partial charge < -0.3 is 15.2 Å². The molecule has 0 aliphatic heterocycles. The highest BCUT2D eigenvalue weighted by Crippen LogP contribution is 2.13. The molecule has 2 rings (SSSR count). The van der Waals surface area contributed by atoms with Gasteiger partial charge in [0, 0.05) is 25.8 Å². The van der Waals surface area contributed by atoms with E-state index in [0.717, 1.165) is 37.3 Å². The summed E-state index contributed by atoms with van der Waals surface area (Å²) in [4.78, 5) is 13.9. The number of hydrogen-bond donors (Lipinski definition) is 2. The zero-order chi connectivity index (χ0) is 12.8. The molecule has 2 N–H and O–H groups in total. The third kappa shape index (κ3) is 3.27. The number of fused-ring (bicyclic) bond motifs is 1. The zero-order valence-corrected chi connectivity index (χ0v) is 11.1. The van der Waals surface area contributed by atoms with Crippen LogP contribution in [-0.4, -0.2) is 46.5 Å². The van der Waals surface area contributed by atoms with Crippen molar-refractivity contribution in [2.75, 3.05) is 26.7 Å². The molecule has 0 bridgehead atoms. The van der Waals surface area contributed by atoms with Gasteiger partial charge in [-0.2, -0.15) is 0 Å². The number of H-pyrrole nitrogens is 1. The summed E-state index contributed by atoms with van der Waals surface area (Å²) < 4.78 is 0. The predicted molar refractivity (Wildman–Crippen MR) is 73.4 cm³/mol. The second-order valence-electron chi connectivity index (χ2n) is 4.56. The predicted octanol–water partition coefficient (Wildman–Crippen LogP) is 1.39. The number of aromatic amines is 1. The van der Waals surface area contributed by atoms with Crippen LogP contribution >= 0.6 is 0 Å². The lowest BCUT2D eigenvalue weighted by Gasteiger charge is -2.17. The van der Waals surface area contributed by atoms with Gasteiger partial charge in [-0.15, -0.1) is 0 Å². The first-order valence-electron chi connectivity index (χ1n) is 6.47. The number of pyridine rings is 1. The van der Waals surface area contributed by atoms with Crippen molar-refractivity contribution in [3.05, 3.63) is 24.2 Å². The molecule has 0 aliphatic carbocycles. The topological polar surface area (TPSA) is 56.8 Å². The molecule has 98 valence electrons. The van der Waals surface area contributed by atoms with Crippen molar-refractivity contribution in [2.24, 2.45) is 0 Å². The highest BCUT2D eigenvalue weighted by atomic mass is 15.1. The van der Waals surface area contributed by atoms with Crippen LogP contribution in [0.5, 0.6) is 0 Å². The van der Waals surface area contributed by atoms with Gasteiger partial charge in [0.05, 0.1) is 11.8 Å². The molecule has 0 saturated carbocycles. The molecule has 0 amide bonds. The maximum Gasteiger partial charge on any atom is 0.177 e. The van der Waals surface area contributed by atoms with E-state index in [2.05, 4.69) is 45.2 Å². The van der Waals surface area contributed by atoms with E-state index in [9.17, 15) is 0 Å². The maximum atomic E-state index is 4.22. The van der Waals surface area contributed by atoms with Crippen LogP contribution in [0.25, 0.3) is 11.2 Å². The summed E-state index contributed by atoms with van der Waals surface area (Å²) in [7, 11) is 2.14. The van der Waals surface area contributed by atoms with Crippen LogP contribution in [0.1, 0.15) is 18.9 Å². The molecule has 0 fully saturated rings. The Labute approximate surface area is 108 Å². The minimum absolute atomic E-state index is 0.796. The first kappa shape index (κ1) is 13.0. The Morgan fingerprint density at radius 3 is 3.06 bits per heavy atom. The van der Waals surface area contributed by atoms with Gasteiger partial charge in [-0.1, -0.05) is 6.92 Å². The summed E-state index contributed by atoms with van der Waals surface area (Å²) in [5, 5.41) is 3.41. The Morgan fingerprint density at radius 2 is 2.22 bits per heavy atom. The van der Waals surface area contributed by atoms with Gasteiger partial charge in [0.2, 0.25) is 0 Å². The fourth-order valence-electron chi connectivity index (χ4n) is 1.98. The fraction of sp³-hybridized carbons (Fsp3) is 0.538. The van der Waals surface area contributed by atoms with Gasteiger partial charge >= 0.3 is 0 Å². The molecule has 2 heterocycles. The summed E-state index contributed by atoms with van der Waals surface area (Å²) in [5.41, 5.74) is 3.09. The van der Waals surface area contributed by atoms with E-state index >= 15 is 0 Å². The van der Waals surface area contributed by atoms with Crippen molar-refractivity contribution >= 4 is 11.2 Å². The van der Waals surface area contributed by atoms with Crippen molar-refractivity contribution in [1.29, 1.82) is 0 Å². The molecule has 2 aromatic heterocycles. The summed E-state index contributed by atoms with van der Waals surface area (Å²) in [5.74, 6) is 0. The molecule has 0 spiro atoms. The minimum Gasteiger partial charge on any atom is -0.343 e. The summed E-state index contributed by atoms with van der Waals surface area (Å²) >= 11 is 0. The largest absolute Gasteiger partial charge is 0.343 e. The molecular weight excluding hydrogens is 226 g/mol. The number of rotatable bonds is 7. The average Bonchev–Trinajstić information content (AvgIpc) is 2.84. The summed E-state index contributed by atoms with van der Waals surface area (Å²) in [6.07, 6.45) is 4.70. The van der Waals surface area contributed by atoms with Crippen molar-refractivity contribution in [1.82, 2.24) is 25.2 Å². The Morgan fingerprint density at radius 1 is 1.33 bits per heavy atom. The molecule has 0 unspecified atom stereocenters. The lowest BCUT2D eigenvalue weighted by molar-refractivity contribution is 0.325. The van der Waals surface area contributed by atoms with Crippen LogP contribution < -0.4 is 5.32 Å². The maximum absolute atomic E-state index is 4.22. The number of nitrogens with one attached hydrogen (secondary N) is 2. The fourth-order valence-corrected chi connectivity index (χ4v) is 1.98. The van der Waals surface area contributed by atoms with Gasteiger partial charge in [-0.05, 0) is 31.6 Å². The number of aromatic nitrogens is 3. The SMILES string of the molecule is CCCNCCN(C)Cc1ccnc2nc[nH]c12. The first-order chi connectivity index (χ1) is 8.81. The molecular formula is C13H21N5. The van der Waals surface area contributed by atoms with Crippen LogP contribution in [0.4, 0.5) is 0 Å². The molecule has 18 heavy (non-hydrogen) atoms. The van der Waals surface area contributed by atoms with Crippen LogP contribution in [0.2, 0.25) is 0 Å². The Hall–Kier alpha value is -1.46. The van der Waals surface area contributed by atoms with Crippen LogP contribution in [0.3, 0.4) is 0 Å². The normalized spacial score (nSPS) is 11.5. The Bertz CT molecular complexity index is 479. The van der Waals surface area contributed by atoms with E-state index in [1.165, 1.54) is 12.0 Å². The number of likely N-dealkylation sites (N-methyl/N-ethyl adjacent to an activating group) is 1.